The van der Waals surface area contributed by atoms with E-state index >= 15 is 0 Å². The predicted octanol–water partition coefficient (Wildman–Crippen LogP) is 3.69. The van der Waals surface area contributed by atoms with Crippen molar-refractivity contribution in [2.75, 3.05) is 24.5 Å². The van der Waals surface area contributed by atoms with E-state index in [-0.39, 0.29) is 11.7 Å². The summed E-state index contributed by atoms with van der Waals surface area (Å²) in [5, 5.41) is 3.03. The van der Waals surface area contributed by atoms with Crippen LogP contribution in [0.15, 0.2) is 48.5 Å². The maximum Gasteiger partial charge on any atom is 0.252 e. The lowest BCUT2D eigenvalue weighted by molar-refractivity contribution is 0.0947. The van der Waals surface area contributed by atoms with Crippen LogP contribution in [0.2, 0.25) is 0 Å². The molecule has 5 heteroatoms. The smallest absolute Gasteiger partial charge is 0.252 e. The fraction of sp³-hybridized carbons (Fsp3) is 0.278. The van der Waals surface area contributed by atoms with Crippen molar-refractivity contribution in [3.05, 3.63) is 63.5 Å². The third-order valence-electron chi connectivity index (χ3n) is 4.15. The average Bonchev–Trinajstić information content (AvgIpc) is 3.03. The largest absolute Gasteiger partial charge is 0.371 e. The van der Waals surface area contributed by atoms with E-state index in [1.807, 2.05) is 36.4 Å². The van der Waals surface area contributed by atoms with Crippen LogP contribution in [-0.4, -0.2) is 25.5 Å². The maximum atomic E-state index is 13.0. The third-order valence-corrected chi connectivity index (χ3v) is 5.09. The van der Waals surface area contributed by atoms with Crippen LogP contribution in [0.3, 0.4) is 0 Å². The van der Waals surface area contributed by atoms with Gasteiger partial charge in [0.05, 0.1) is 5.56 Å². The minimum absolute atomic E-state index is 0.0183. The molecular weight excluding hydrogens is 406 g/mol. The second kappa shape index (κ2) is 7.29. The molecule has 0 radical (unpaired) electrons. The molecule has 0 saturated carbocycles. The quantitative estimate of drug-likeness (QED) is 0.760. The summed E-state index contributed by atoms with van der Waals surface area (Å²) in [7, 11) is 0. The van der Waals surface area contributed by atoms with E-state index < -0.39 is 0 Å². The lowest BCUT2D eigenvalue weighted by Crippen LogP contribution is -2.31. The van der Waals surface area contributed by atoms with Gasteiger partial charge in [0.1, 0.15) is 5.82 Å². The molecule has 0 spiro atoms. The molecule has 1 amide bonds. The Balaban J connectivity index is 1.53. The van der Waals surface area contributed by atoms with Gasteiger partial charge in [-0.3, -0.25) is 4.79 Å². The molecule has 1 unspecified atom stereocenters. The van der Waals surface area contributed by atoms with Crippen LogP contribution in [0.25, 0.3) is 0 Å². The molecule has 1 fully saturated rings. The molecule has 1 N–H and O–H groups in total. The van der Waals surface area contributed by atoms with Crippen LogP contribution in [0, 0.1) is 15.3 Å². The van der Waals surface area contributed by atoms with Crippen LogP contribution in [0.1, 0.15) is 16.8 Å². The van der Waals surface area contributed by atoms with Gasteiger partial charge in [-0.05, 0) is 71.3 Å². The monoisotopic (exact) mass is 424 g/mol. The number of nitrogens with zero attached hydrogens (tertiary/aromatic N) is 1. The van der Waals surface area contributed by atoms with E-state index in [4.69, 9.17) is 0 Å². The molecule has 1 atom stereocenters. The average molecular weight is 424 g/mol. The highest BCUT2D eigenvalue weighted by Crippen LogP contribution is 2.23. The summed E-state index contributed by atoms with van der Waals surface area (Å²) in [6.07, 6.45) is 1.03. The molecule has 3 rings (SSSR count). The van der Waals surface area contributed by atoms with E-state index in [1.165, 1.54) is 12.1 Å². The number of halogens is 2. The van der Waals surface area contributed by atoms with Gasteiger partial charge in [-0.25, -0.2) is 4.39 Å². The van der Waals surface area contributed by atoms with Crippen molar-refractivity contribution in [2.45, 2.75) is 6.42 Å². The molecule has 3 nitrogen and oxygen atoms in total. The summed E-state index contributed by atoms with van der Waals surface area (Å²) in [6, 6.07) is 14.2. The predicted molar refractivity (Wildman–Crippen MR) is 98.2 cm³/mol. The van der Waals surface area contributed by atoms with E-state index in [2.05, 4.69) is 32.8 Å². The first-order valence-electron chi connectivity index (χ1n) is 7.67. The van der Waals surface area contributed by atoms with Gasteiger partial charge in [-0.15, -0.1) is 0 Å². The zero-order valence-corrected chi connectivity index (χ0v) is 14.8. The highest BCUT2D eigenvalue weighted by Gasteiger charge is 2.23. The zero-order valence-electron chi connectivity index (χ0n) is 12.6. The van der Waals surface area contributed by atoms with E-state index in [9.17, 15) is 9.18 Å². The second-order valence-electron chi connectivity index (χ2n) is 5.77. The van der Waals surface area contributed by atoms with Crippen LogP contribution >= 0.6 is 22.6 Å². The number of rotatable bonds is 4. The van der Waals surface area contributed by atoms with E-state index in [0.29, 0.717) is 12.5 Å². The van der Waals surface area contributed by atoms with Gasteiger partial charge in [0.15, 0.2) is 0 Å². The zero-order chi connectivity index (χ0) is 16.2. The van der Waals surface area contributed by atoms with Gasteiger partial charge in [-0.2, -0.15) is 0 Å². The van der Waals surface area contributed by atoms with Crippen molar-refractivity contribution in [1.29, 1.82) is 0 Å². The van der Waals surface area contributed by atoms with Crippen LogP contribution in [-0.2, 0) is 0 Å². The van der Waals surface area contributed by atoms with Crippen LogP contribution < -0.4 is 10.2 Å². The van der Waals surface area contributed by atoms with Gasteiger partial charge < -0.3 is 10.2 Å². The molecule has 0 aromatic heterocycles. The molecule has 2 aromatic carbocycles. The Hall–Kier alpha value is -1.63. The summed E-state index contributed by atoms with van der Waals surface area (Å²) in [4.78, 5) is 14.5. The van der Waals surface area contributed by atoms with Crippen LogP contribution in [0.4, 0.5) is 10.1 Å². The van der Waals surface area contributed by atoms with Crippen molar-refractivity contribution in [3.63, 3.8) is 0 Å². The SMILES string of the molecule is O=C(NCC1CCN(c2ccc(F)cc2)C1)c1ccccc1I. The van der Waals surface area contributed by atoms with Gasteiger partial charge in [-0.1, -0.05) is 12.1 Å². The fourth-order valence-corrected chi connectivity index (χ4v) is 3.50. The van der Waals surface area contributed by atoms with E-state index in [0.717, 1.165) is 34.3 Å². The Labute approximate surface area is 149 Å². The second-order valence-corrected chi connectivity index (χ2v) is 6.93. The highest BCUT2D eigenvalue weighted by molar-refractivity contribution is 14.1. The van der Waals surface area contributed by atoms with Gasteiger partial charge in [0.25, 0.3) is 5.91 Å². The molecule has 23 heavy (non-hydrogen) atoms. The van der Waals surface area contributed by atoms with Gasteiger partial charge in [0.2, 0.25) is 0 Å². The fourth-order valence-electron chi connectivity index (χ4n) is 2.86. The Morgan fingerprint density at radius 2 is 1.96 bits per heavy atom. The number of hydrogen-bond acceptors (Lipinski definition) is 2. The first-order chi connectivity index (χ1) is 11.1. The topological polar surface area (TPSA) is 32.3 Å². The maximum absolute atomic E-state index is 13.0. The number of carbonyl (C=O) groups is 1. The number of anilines is 1. The number of carbonyl (C=O) groups excluding carboxylic acids is 1. The Morgan fingerprint density at radius 3 is 2.70 bits per heavy atom. The summed E-state index contributed by atoms with van der Waals surface area (Å²) in [5.41, 5.74) is 1.76. The molecule has 0 bridgehead atoms. The summed E-state index contributed by atoms with van der Waals surface area (Å²) in [5.74, 6) is 0.190. The highest BCUT2D eigenvalue weighted by atomic mass is 127. The van der Waals surface area contributed by atoms with Gasteiger partial charge in [0, 0.05) is 28.9 Å². The molecule has 1 aliphatic rings. The van der Waals surface area contributed by atoms with Crippen molar-refractivity contribution in [1.82, 2.24) is 5.32 Å². The minimum Gasteiger partial charge on any atom is -0.371 e. The summed E-state index contributed by atoms with van der Waals surface area (Å²) in [6.45, 7) is 2.49. The lowest BCUT2D eigenvalue weighted by Gasteiger charge is -2.19. The number of nitrogens with one attached hydrogen (secondary N) is 1. The van der Waals surface area contributed by atoms with E-state index in [1.54, 1.807) is 0 Å². The standard InChI is InChI=1S/C18H18FIN2O/c19-14-5-7-15(8-6-14)22-10-9-13(12-22)11-21-18(23)16-3-1-2-4-17(16)20/h1-8,13H,9-12H2,(H,21,23). The van der Waals surface area contributed by atoms with Crippen molar-refractivity contribution in [2.24, 2.45) is 5.92 Å². The molecule has 0 aliphatic carbocycles. The minimum atomic E-state index is -0.214. The number of benzene rings is 2. The first-order valence-corrected chi connectivity index (χ1v) is 8.74. The molecule has 1 aliphatic heterocycles. The molecular formula is C18H18FIN2O. The Morgan fingerprint density at radius 1 is 1.22 bits per heavy atom. The van der Waals surface area contributed by atoms with Crippen molar-refractivity contribution < 1.29 is 9.18 Å². The molecule has 1 saturated heterocycles. The number of amides is 1. The molecule has 120 valence electrons. The normalized spacial score (nSPS) is 17.3. The Bertz CT molecular complexity index is 690. The third kappa shape index (κ3) is 4.02. The molecule has 2 aromatic rings. The molecule has 1 heterocycles. The summed E-state index contributed by atoms with van der Waals surface area (Å²) >= 11 is 2.18. The van der Waals surface area contributed by atoms with Crippen molar-refractivity contribution in [3.8, 4) is 0 Å². The number of hydrogen-bond donors (Lipinski definition) is 1. The Kier molecular flexibility index (Phi) is 5.15. The van der Waals surface area contributed by atoms with Gasteiger partial charge >= 0.3 is 0 Å². The van der Waals surface area contributed by atoms with Crippen LogP contribution in [0.5, 0.6) is 0 Å². The summed E-state index contributed by atoms with van der Waals surface area (Å²) < 4.78 is 13.9. The lowest BCUT2D eigenvalue weighted by atomic mass is 10.1. The van der Waals surface area contributed by atoms with Crippen molar-refractivity contribution >= 4 is 34.2 Å². The first kappa shape index (κ1) is 16.2.